The number of hydrogen-bond acceptors (Lipinski definition) is 3. The largest absolute Gasteiger partial charge is 0.481 e. The number of sulfonamides is 1. The number of aliphatic carboxylic acids is 1. The maximum absolute atomic E-state index is 11.3. The van der Waals surface area contributed by atoms with E-state index in [9.17, 15) is 13.2 Å². The van der Waals surface area contributed by atoms with Gasteiger partial charge in [-0.25, -0.2) is 13.6 Å². The Hall–Kier alpha value is -2.18. The highest BCUT2D eigenvalue weighted by Crippen LogP contribution is 2.28. The predicted molar refractivity (Wildman–Crippen MR) is 79.3 cm³/mol. The first-order valence-corrected chi connectivity index (χ1v) is 7.77. The molecule has 0 atom stereocenters. The van der Waals surface area contributed by atoms with Crippen molar-refractivity contribution in [2.45, 2.75) is 18.2 Å². The minimum Gasteiger partial charge on any atom is -0.481 e. The van der Waals surface area contributed by atoms with Gasteiger partial charge in [0, 0.05) is 0 Å². The molecule has 110 valence electrons. The predicted octanol–water partition coefficient (Wildman–Crippen LogP) is 1.94. The maximum Gasteiger partial charge on any atom is 0.307 e. The normalized spacial score (nSPS) is 11.3. The van der Waals surface area contributed by atoms with E-state index in [1.54, 1.807) is 25.1 Å². The van der Waals surface area contributed by atoms with Crippen LogP contribution in [0.4, 0.5) is 0 Å². The third kappa shape index (κ3) is 3.48. The number of primary sulfonamides is 1. The molecule has 3 N–H and O–H groups in total. The van der Waals surface area contributed by atoms with E-state index < -0.39 is 16.0 Å². The second kappa shape index (κ2) is 5.67. The number of carboxylic acid groups (broad SMARTS) is 1. The molecule has 0 unspecified atom stereocenters. The van der Waals surface area contributed by atoms with Crippen LogP contribution in [0.2, 0.25) is 0 Å². The zero-order chi connectivity index (χ0) is 15.6. The summed E-state index contributed by atoms with van der Waals surface area (Å²) >= 11 is 0. The van der Waals surface area contributed by atoms with Crippen molar-refractivity contribution in [2.24, 2.45) is 5.14 Å². The number of nitrogens with two attached hydrogens (primary N) is 1. The molecular formula is C15H15NO4S. The average Bonchev–Trinajstić information content (AvgIpc) is 2.38. The second-order valence-corrected chi connectivity index (χ2v) is 6.31. The highest BCUT2D eigenvalue weighted by atomic mass is 32.2. The van der Waals surface area contributed by atoms with Crippen LogP contribution in [0.3, 0.4) is 0 Å². The number of carboxylic acids is 1. The van der Waals surface area contributed by atoms with E-state index in [2.05, 4.69) is 0 Å². The SMILES string of the molecule is Cc1cc(S(N)(=O)=O)ccc1-c1ccccc1CC(=O)O. The first-order valence-electron chi connectivity index (χ1n) is 6.22. The molecule has 0 aliphatic carbocycles. The minimum atomic E-state index is -3.75. The van der Waals surface area contributed by atoms with Gasteiger partial charge in [0.15, 0.2) is 0 Å². The first kappa shape index (κ1) is 15.2. The van der Waals surface area contributed by atoms with Crippen LogP contribution in [0.25, 0.3) is 11.1 Å². The molecule has 0 saturated carbocycles. The van der Waals surface area contributed by atoms with E-state index in [4.69, 9.17) is 10.2 Å². The number of benzene rings is 2. The summed E-state index contributed by atoms with van der Waals surface area (Å²) in [6, 6.07) is 11.7. The van der Waals surface area contributed by atoms with Crippen molar-refractivity contribution in [3.05, 3.63) is 53.6 Å². The molecule has 5 nitrogen and oxygen atoms in total. The Morgan fingerprint density at radius 2 is 1.81 bits per heavy atom. The third-order valence-electron chi connectivity index (χ3n) is 3.18. The molecule has 0 amide bonds. The Morgan fingerprint density at radius 1 is 1.14 bits per heavy atom. The zero-order valence-corrected chi connectivity index (χ0v) is 12.2. The Labute approximate surface area is 123 Å². The maximum atomic E-state index is 11.3. The molecule has 0 aromatic heterocycles. The van der Waals surface area contributed by atoms with E-state index in [1.807, 2.05) is 12.1 Å². The van der Waals surface area contributed by atoms with Gasteiger partial charge >= 0.3 is 5.97 Å². The lowest BCUT2D eigenvalue weighted by Crippen LogP contribution is -2.12. The van der Waals surface area contributed by atoms with E-state index in [-0.39, 0.29) is 11.3 Å². The monoisotopic (exact) mass is 305 g/mol. The first-order chi connectivity index (χ1) is 9.79. The lowest BCUT2D eigenvalue weighted by Gasteiger charge is -2.12. The van der Waals surface area contributed by atoms with Crippen molar-refractivity contribution in [2.75, 3.05) is 0 Å². The summed E-state index contributed by atoms with van der Waals surface area (Å²) in [7, 11) is -3.75. The van der Waals surface area contributed by atoms with Gasteiger partial charge in [-0.3, -0.25) is 4.79 Å². The van der Waals surface area contributed by atoms with E-state index in [0.717, 1.165) is 16.7 Å². The standard InChI is InChI=1S/C15H15NO4S/c1-10-8-12(21(16,19)20)6-7-13(10)14-5-3-2-4-11(14)9-15(17)18/h2-8H,9H2,1H3,(H,17,18)(H2,16,19,20). The van der Waals surface area contributed by atoms with Crippen LogP contribution < -0.4 is 5.14 Å². The molecule has 0 radical (unpaired) electrons. The lowest BCUT2D eigenvalue weighted by atomic mass is 9.94. The highest BCUT2D eigenvalue weighted by Gasteiger charge is 2.13. The van der Waals surface area contributed by atoms with Crippen molar-refractivity contribution in [3.8, 4) is 11.1 Å². The molecule has 0 spiro atoms. The van der Waals surface area contributed by atoms with E-state index in [0.29, 0.717) is 5.56 Å². The summed E-state index contributed by atoms with van der Waals surface area (Å²) in [6.07, 6.45) is -0.0907. The zero-order valence-electron chi connectivity index (χ0n) is 11.4. The summed E-state index contributed by atoms with van der Waals surface area (Å²) in [5.41, 5.74) is 2.97. The van der Waals surface area contributed by atoms with Crippen LogP contribution in [0.5, 0.6) is 0 Å². The molecule has 2 aromatic carbocycles. The van der Waals surface area contributed by atoms with Crippen LogP contribution in [0.1, 0.15) is 11.1 Å². The van der Waals surface area contributed by atoms with Gasteiger partial charge in [0.25, 0.3) is 0 Å². The van der Waals surface area contributed by atoms with Gasteiger partial charge in [-0.2, -0.15) is 0 Å². The molecular weight excluding hydrogens is 290 g/mol. The lowest BCUT2D eigenvalue weighted by molar-refractivity contribution is -0.136. The Morgan fingerprint density at radius 3 is 2.38 bits per heavy atom. The molecule has 0 fully saturated rings. The fourth-order valence-electron chi connectivity index (χ4n) is 2.22. The van der Waals surface area contributed by atoms with Gasteiger partial charge in [-0.1, -0.05) is 30.3 Å². The number of hydrogen-bond donors (Lipinski definition) is 2. The second-order valence-electron chi connectivity index (χ2n) is 4.75. The average molecular weight is 305 g/mol. The number of rotatable bonds is 4. The van der Waals surface area contributed by atoms with Gasteiger partial charge in [0.05, 0.1) is 11.3 Å². The van der Waals surface area contributed by atoms with Gasteiger partial charge in [-0.15, -0.1) is 0 Å². The molecule has 0 aliphatic heterocycles. The molecule has 0 aliphatic rings. The van der Waals surface area contributed by atoms with Gasteiger partial charge in [0.1, 0.15) is 0 Å². The minimum absolute atomic E-state index is 0.0412. The van der Waals surface area contributed by atoms with Crippen molar-refractivity contribution >= 4 is 16.0 Å². The molecule has 0 saturated heterocycles. The van der Waals surface area contributed by atoms with E-state index in [1.165, 1.54) is 12.1 Å². The molecule has 0 heterocycles. The smallest absolute Gasteiger partial charge is 0.307 e. The fraction of sp³-hybridized carbons (Fsp3) is 0.133. The quantitative estimate of drug-likeness (QED) is 0.902. The Balaban J connectivity index is 2.56. The third-order valence-corrected chi connectivity index (χ3v) is 4.09. The van der Waals surface area contributed by atoms with Crippen molar-refractivity contribution < 1.29 is 18.3 Å². The van der Waals surface area contributed by atoms with Crippen molar-refractivity contribution in [1.82, 2.24) is 0 Å². The summed E-state index contributed by atoms with van der Waals surface area (Å²) in [5.74, 6) is -0.916. The molecule has 2 aromatic rings. The van der Waals surface area contributed by atoms with Crippen LogP contribution >= 0.6 is 0 Å². The van der Waals surface area contributed by atoms with Crippen LogP contribution in [-0.4, -0.2) is 19.5 Å². The number of aryl methyl sites for hydroxylation is 1. The Bertz CT molecular complexity index is 797. The summed E-state index contributed by atoms with van der Waals surface area (Å²) in [4.78, 5) is 11.0. The van der Waals surface area contributed by atoms with Crippen LogP contribution in [0.15, 0.2) is 47.4 Å². The highest BCUT2D eigenvalue weighted by molar-refractivity contribution is 7.89. The van der Waals surface area contributed by atoms with Crippen molar-refractivity contribution in [3.63, 3.8) is 0 Å². The van der Waals surface area contributed by atoms with Crippen LogP contribution in [-0.2, 0) is 21.2 Å². The summed E-state index contributed by atoms with van der Waals surface area (Å²) < 4.78 is 22.7. The molecule has 6 heteroatoms. The summed E-state index contributed by atoms with van der Waals surface area (Å²) in [6.45, 7) is 1.77. The molecule has 2 rings (SSSR count). The summed E-state index contributed by atoms with van der Waals surface area (Å²) in [5, 5.41) is 14.1. The van der Waals surface area contributed by atoms with E-state index >= 15 is 0 Å². The topological polar surface area (TPSA) is 97.5 Å². The Kier molecular flexibility index (Phi) is 4.11. The van der Waals surface area contributed by atoms with Gasteiger partial charge in [-0.05, 0) is 41.3 Å². The molecule has 0 bridgehead atoms. The number of carbonyl (C=O) groups is 1. The molecule has 21 heavy (non-hydrogen) atoms. The van der Waals surface area contributed by atoms with Gasteiger partial charge in [0.2, 0.25) is 10.0 Å². The van der Waals surface area contributed by atoms with Crippen molar-refractivity contribution in [1.29, 1.82) is 0 Å². The van der Waals surface area contributed by atoms with Crippen LogP contribution in [0, 0.1) is 6.92 Å². The fourth-order valence-corrected chi connectivity index (χ4v) is 2.81. The van der Waals surface area contributed by atoms with Gasteiger partial charge < -0.3 is 5.11 Å².